The van der Waals surface area contributed by atoms with E-state index in [4.69, 9.17) is 5.73 Å². The molecule has 1 aromatic heterocycles. The quantitative estimate of drug-likeness (QED) is 0.767. The lowest BCUT2D eigenvalue weighted by Crippen LogP contribution is -2.31. The van der Waals surface area contributed by atoms with Gasteiger partial charge in [-0.15, -0.1) is 0 Å². The van der Waals surface area contributed by atoms with E-state index in [1.807, 2.05) is 13.8 Å². The van der Waals surface area contributed by atoms with E-state index in [1.165, 1.54) is 11.5 Å². The summed E-state index contributed by atoms with van der Waals surface area (Å²) in [6.07, 6.45) is 0. The standard InChI is InChI=1S/C12H22N4OS/c1-6(2)8(5)15-12-9(10(13)16-18-12)11(17)14-7(3)4/h6-8,15H,1-5H3,(H2,13,16)(H,14,17). The third-order valence-corrected chi connectivity index (χ3v) is 3.52. The van der Waals surface area contributed by atoms with Crippen LogP contribution in [0.1, 0.15) is 45.0 Å². The van der Waals surface area contributed by atoms with Crippen molar-refractivity contribution in [2.75, 3.05) is 11.1 Å². The molecule has 0 spiro atoms. The minimum Gasteiger partial charge on any atom is -0.382 e. The first-order valence-corrected chi connectivity index (χ1v) is 6.92. The molecule has 18 heavy (non-hydrogen) atoms. The van der Waals surface area contributed by atoms with Crippen LogP contribution in [0.15, 0.2) is 0 Å². The highest BCUT2D eigenvalue weighted by molar-refractivity contribution is 7.11. The molecule has 6 heteroatoms. The first kappa shape index (κ1) is 14.8. The molecule has 0 aliphatic heterocycles. The number of carbonyl (C=O) groups is 1. The molecule has 1 amide bonds. The minimum absolute atomic E-state index is 0.0761. The van der Waals surface area contributed by atoms with Crippen molar-refractivity contribution in [3.8, 4) is 0 Å². The Morgan fingerprint density at radius 3 is 2.39 bits per heavy atom. The summed E-state index contributed by atoms with van der Waals surface area (Å²) in [6, 6.07) is 0.336. The highest BCUT2D eigenvalue weighted by Crippen LogP contribution is 2.28. The summed E-state index contributed by atoms with van der Waals surface area (Å²) in [6.45, 7) is 10.1. The summed E-state index contributed by atoms with van der Waals surface area (Å²) in [5, 5.41) is 6.88. The molecular formula is C12H22N4OS. The largest absolute Gasteiger partial charge is 0.382 e. The van der Waals surface area contributed by atoms with Crippen molar-refractivity contribution in [2.24, 2.45) is 5.92 Å². The maximum absolute atomic E-state index is 12.0. The van der Waals surface area contributed by atoms with Crippen LogP contribution >= 0.6 is 11.5 Å². The molecule has 1 aromatic rings. The average molecular weight is 270 g/mol. The van der Waals surface area contributed by atoms with Gasteiger partial charge in [0.05, 0.1) is 0 Å². The van der Waals surface area contributed by atoms with E-state index in [-0.39, 0.29) is 23.8 Å². The number of carbonyl (C=O) groups excluding carboxylic acids is 1. The van der Waals surface area contributed by atoms with Gasteiger partial charge in [0.2, 0.25) is 0 Å². The van der Waals surface area contributed by atoms with Gasteiger partial charge in [-0.1, -0.05) is 13.8 Å². The summed E-state index contributed by atoms with van der Waals surface area (Å²) in [5.74, 6) is 0.584. The maximum atomic E-state index is 12.0. The topological polar surface area (TPSA) is 80.0 Å². The molecule has 0 radical (unpaired) electrons. The third kappa shape index (κ3) is 3.60. The Morgan fingerprint density at radius 2 is 1.89 bits per heavy atom. The van der Waals surface area contributed by atoms with Crippen molar-refractivity contribution < 1.29 is 4.79 Å². The molecule has 0 fully saturated rings. The van der Waals surface area contributed by atoms with Crippen molar-refractivity contribution in [1.29, 1.82) is 0 Å². The van der Waals surface area contributed by atoms with Crippen LogP contribution in [0.4, 0.5) is 10.8 Å². The summed E-state index contributed by atoms with van der Waals surface area (Å²) in [7, 11) is 0. The van der Waals surface area contributed by atoms with Crippen LogP contribution in [0.3, 0.4) is 0 Å². The molecule has 102 valence electrons. The van der Waals surface area contributed by atoms with Crippen LogP contribution in [0.5, 0.6) is 0 Å². The summed E-state index contributed by atoms with van der Waals surface area (Å²) in [5.41, 5.74) is 6.23. The number of hydrogen-bond acceptors (Lipinski definition) is 5. The van der Waals surface area contributed by atoms with Gasteiger partial charge in [0.25, 0.3) is 5.91 Å². The monoisotopic (exact) mass is 270 g/mol. The first-order chi connectivity index (χ1) is 8.32. The molecule has 0 saturated heterocycles. The fraction of sp³-hybridized carbons (Fsp3) is 0.667. The van der Waals surface area contributed by atoms with Gasteiger partial charge in [-0.25, -0.2) is 0 Å². The lowest BCUT2D eigenvalue weighted by molar-refractivity contribution is 0.0945. The Balaban J connectivity index is 2.91. The molecule has 4 N–H and O–H groups in total. The second-order valence-corrected chi connectivity index (χ2v) is 5.85. The van der Waals surface area contributed by atoms with Crippen molar-refractivity contribution in [3.05, 3.63) is 5.56 Å². The number of hydrogen-bond donors (Lipinski definition) is 3. The van der Waals surface area contributed by atoms with Crippen molar-refractivity contribution in [2.45, 2.75) is 46.7 Å². The zero-order valence-corrected chi connectivity index (χ0v) is 12.4. The van der Waals surface area contributed by atoms with Gasteiger partial charge >= 0.3 is 0 Å². The van der Waals surface area contributed by atoms with Crippen LogP contribution in [0.2, 0.25) is 0 Å². The highest BCUT2D eigenvalue weighted by Gasteiger charge is 2.21. The van der Waals surface area contributed by atoms with Crippen LogP contribution in [-0.2, 0) is 0 Å². The summed E-state index contributed by atoms with van der Waals surface area (Å²) >= 11 is 1.23. The zero-order chi connectivity index (χ0) is 13.9. The number of amides is 1. The van der Waals surface area contributed by atoms with Crippen molar-refractivity contribution in [1.82, 2.24) is 9.69 Å². The zero-order valence-electron chi connectivity index (χ0n) is 11.6. The fourth-order valence-corrected chi connectivity index (χ4v) is 2.14. The van der Waals surface area contributed by atoms with Gasteiger partial charge in [-0.3, -0.25) is 4.79 Å². The van der Waals surface area contributed by atoms with E-state index >= 15 is 0 Å². The normalized spacial score (nSPS) is 12.8. The van der Waals surface area contributed by atoms with E-state index in [0.29, 0.717) is 11.5 Å². The van der Waals surface area contributed by atoms with E-state index in [9.17, 15) is 4.79 Å². The predicted molar refractivity (Wildman–Crippen MR) is 77.1 cm³/mol. The number of nitrogens with two attached hydrogens (primary N) is 1. The number of nitrogens with zero attached hydrogens (tertiary/aromatic N) is 1. The van der Waals surface area contributed by atoms with Crippen LogP contribution in [0, 0.1) is 5.92 Å². The second-order valence-electron chi connectivity index (χ2n) is 5.08. The predicted octanol–water partition coefficient (Wildman–Crippen LogP) is 2.32. The Hall–Kier alpha value is -1.30. The third-order valence-electron chi connectivity index (χ3n) is 2.72. The number of aromatic nitrogens is 1. The van der Waals surface area contributed by atoms with Gasteiger partial charge in [0.15, 0.2) is 5.82 Å². The van der Waals surface area contributed by atoms with Crippen LogP contribution in [0.25, 0.3) is 0 Å². The first-order valence-electron chi connectivity index (χ1n) is 6.15. The van der Waals surface area contributed by atoms with E-state index in [1.54, 1.807) is 0 Å². The molecule has 5 nitrogen and oxygen atoms in total. The lowest BCUT2D eigenvalue weighted by Gasteiger charge is -2.18. The van der Waals surface area contributed by atoms with Crippen molar-refractivity contribution in [3.63, 3.8) is 0 Å². The van der Waals surface area contributed by atoms with Gasteiger partial charge in [0.1, 0.15) is 10.6 Å². The molecule has 1 atom stereocenters. The molecule has 1 unspecified atom stereocenters. The summed E-state index contributed by atoms with van der Waals surface area (Å²) in [4.78, 5) is 12.0. The molecule has 0 saturated carbocycles. The molecule has 0 bridgehead atoms. The molecule has 0 aliphatic rings. The SMILES string of the molecule is CC(C)NC(=O)c1c(N)nsc1NC(C)C(C)C. The van der Waals surface area contributed by atoms with Gasteiger partial charge < -0.3 is 16.4 Å². The van der Waals surface area contributed by atoms with Crippen LogP contribution in [-0.4, -0.2) is 22.4 Å². The molecule has 1 heterocycles. The molecule has 0 aliphatic carbocycles. The Kier molecular flexibility index (Phi) is 4.95. The van der Waals surface area contributed by atoms with Gasteiger partial charge in [-0.2, -0.15) is 4.37 Å². The number of anilines is 2. The minimum atomic E-state index is -0.172. The smallest absolute Gasteiger partial charge is 0.258 e. The van der Waals surface area contributed by atoms with Gasteiger partial charge in [0, 0.05) is 12.1 Å². The van der Waals surface area contributed by atoms with Crippen molar-refractivity contribution >= 4 is 28.3 Å². The fourth-order valence-electron chi connectivity index (χ4n) is 1.33. The lowest BCUT2D eigenvalue weighted by atomic mass is 10.1. The second kappa shape index (κ2) is 6.04. The summed E-state index contributed by atoms with van der Waals surface area (Å²) < 4.78 is 4.05. The van der Waals surface area contributed by atoms with Gasteiger partial charge in [-0.05, 0) is 38.2 Å². The average Bonchev–Trinajstić information content (AvgIpc) is 2.58. The number of rotatable bonds is 5. The Labute approximate surface area is 112 Å². The highest BCUT2D eigenvalue weighted by atomic mass is 32.1. The maximum Gasteiger partial charge on any atom is 0.258 e. The number of nitrogens with one attached hydrogen (secondary N) is 2. The van der Waals surface area contributed by atoms with E-state index < -0.39 is 0 Å². The molecular weight excluding hydrogens is 248 g/mol. The van der Waals surface area contributed by atoms with E-state index in [0.717, 1.165) is 5.00 Å². The Morgan fingerprint density at radius 1 is 1.28 bits per heavy atom. The molecule has 0 aromatic carbocycles. The molecule has 1 rings (SSSR count). The number of nitrogen functional groups attached to an aromatic ring is 1. The Bertz CT molecular complexity index is 414. The van der Waals surface area contributed by atoms with Crippen LogP contribution < -0.4 is 16.4 Å². The van der Waals surface area contributed by atoms with E-state index in [2.05, 4.69) is 35.8 Å².